The molecule has 1 N–H and O–H groups in total. The quantitative estimate of drug-likeness (QED) is 0.598. The first kappa shape index (κ1) is 12.2. The third-order valence-electron chi connectivity index (χ3n) is 2.25. The molecule has 16 heavy (non-hydrogen) atoms. The lowest BCUT2D eigenvalue weighted by Gasteiger charge is -2.29. The van der Waals surface area contributed by atoms with Gasteiger partial charge in [0, 0.05) is 6.42 Å². The lowest BCUT2D eigenvalue weighted by Crippen LogP contribution is -2.25. The van der Waals surface area contributed by atoms with Crippen LogP contribution in [0.15, 0.2) is 24.3 Å². The molecular weight excluding hydrogens is 227 g/mol. The molecule has 0 spiro atoms. The Kier molecular flexibility index (Phi) is 3.77. The van der Waals surface area contributed by atoms with Gasteiger partial charge in [-0.05, 0) is 13.8 Å². The fourth-order valence-corrected chi connectivity index (χ4v) is 2.64. The zero-order valence-corrected chi connectivity index (χ0v) is 10.4. The van der Waals surface area contributed by atoms with Crippen LogP contribution in [0.25, 0.3) is 0 Å². The van der Waals surface area contributed by atoms with Crippen molar-refractivity contribution in [3.05, 3.63) is 24.3 Å². The predicted octanol–water partition coefficient (Wildman–Crippen LogP) is 2.30. The van der Waals surface area contributed by atoms with E-state index in [9.17, 15) is 5.11 Å². The molecule has 0 aromatic carbocycles. The highest BCUT2D eigenvalue weighted by molar-refractivity contribution is 7.41. The third-order valence-corrected chi connectivity index (χ3v) is 3.50. The molecule has 3 atom stereocenters. The Morgan fingerprint density at radius 3 is 3.00 bits per heavy atom. The van der Waals surface area contributed by atoms with Crippen LogP contribution in [0, 0.1) is 0 Å². The first-order valence-corrected chi connectivity index (χ1v) is 6.47. The highest BCUT2D eigenvalue weighted by Gasteiger charge is 2.31. The van der Waals surface area contributed by atoms with Crippen LogP contribution in [-0.2, 0) is 13.6 Å². The third kappa shape index (κ3) is 3.65. The summed E-state index contributed by atoms with van der Waals surface area (Å²) in [5, 5.41) is 9.59. The van der Waals surface area contributed by atoms with Crippen LogP contribution in [0.2, 0.25) is 0 Å². The molecule has 1 saturated heterocycles. The van der Waals surface area contributed by atoms with E-state index >= 15 is 0 Å². The maximum atomic E-state index is 9.59. The van der Waals surface area contributed by atoms with Gasteiger partial charge in [-0.1, -0.05) is 24.3 Å². The largest absolute Gasteiger partial charge is 0.386 e. The van der Waals surface area contributed by atoms with E-state index in [1.807, 2.05) is 18.2 Å². The van der Waals surface area contributed by atoms with Crippen LogP contribution in [0.5, 0.6) is 0 Å². The highest BCUT2D eigenvalue weighted by Crippen LogP contribution is 2.48. The van der Waals surface area contributed by atoms with Gasteiger partial charge in [-0.2, -0.15) is 0 Å². The minimum atomic E-state index is -1.23. The molecule has 4 nitrogen and oxygen atoms in total. The van der Waals surface area contributed by atoms with Gasteiger partial charge >= 0.3 is 8.60 Å². The molecule has 2 heterocycles. The molecule has 2 bridgehead atoms. The van der Waals surface area contributed by atoms with Crippen molar-refractivity contribution in [3.63, 3.8) is 0 Å². The van der Waals surface area contributed by atoms with E-state index in [2.05, 4.69) is 0 Å². The summed E-state index contributed by atoms with van der Waals surface area (Å²) < 4.78 is 16.5. The fraction of sp³-hybridized carbons (Fsp3) is 0.636. The van der Waals surface area contributed by atoms with E-state index < -0.39 is 14.2 Å². The average Bonchev–Trinajstić information content (AvgIpc) is 2.36. The summed E-state index contributed by atoms with van der Waals surface area (Å²) in [5.41, 5.74) is -0.809. The van der Waals surface area contributed by atoms with Gasteiger partial charge in [0.25, 0.3) is 0 Å². The van der Waals surface area contributed by atoms with E-state index in [0.29, 0.717) is 6.61 Å². The summed E-state index contributed by atoms with van der Waals surface area (Å²) >= 11 is 0. The Bertz CT molecular complexity index is 295. The monoisotopic (exact) mass is 244 g/mol. The van der Waals surface area contributed by atoms with Crippen molar-refractivity contribution < 1.29 is 18.7 Å². The van der Waals surface area contributed by atoms with Crippen LogP contribution in [0.4, 0.5) is 0 Å². The Balaban J connectivity index is 1.97. The molecule has 2 rings (SSSR count). The molecular formula is C11H17O4P. The minimum absolute atomic E-state index is 0.0426. The molecule has 0 saturated carbocycles. The average molecular weight is 244 g/mol. The Morgan fingerprint density at radius 1 is 1.44 bits per heavy atom. The smallest absolute Gasteiger partial charge is 0.334 e. The molecule has 2 aliphatic heterocycles. The first-order chi connectivity index (χ1) is 7.53. The van der Waals surface area contributed by atoms with E-state index in [-0.39, 0.29) is 12.2 Å². The molecule has 1 fully saturated rings. The Hall–Kier alpha value is -0.250. The van der Waals surface area contributed by atoms with E-state index in [1.54, 1.807) is 19.9 Å². The van der Waals surface area contributed by atoms with Gasteiger partial charge in [0.2, 0.25) is 0 Å². The van der Waals surface area contributed by atoms with Gasteiger partial charge in [-0.3, -0.25) is 0 Å². The highest BCUT2D eigenvalue weighted by atomic mass is 31.2. The second-order valence-electron chi connectivity index (χ2n) is 4.48. The zero-order valence-electron chi connectivity index (χ0n) is 9.50. The van der Waals surface area contributed by atoms with E-state index in [0.717, 1.165) is 6.42 Å². The molecule has 2 unspecified atom stereocenters. The molecule has 5 heteroatoms. The summed E-state index contributed by atoms with van der Waals surface area (Å²) in [6, 6.07) is 0. The van der Waals surface area contributed by atoms with Crippen LogP contribution in [0.3, 0.4) is 0 Å². The first-order valence-electron chi connectivity index (χ1n) is 5.38. The van der Waals surface area contributed by atoms with Gasteiger partial charge < -0.3 is 18.7 Å². The number of hydrogen-bond acceptors (Lipinski definition) is 4. The van der Waals surface area contributed by atoms with Crippen LogP contribution in [0.1, 0.15) is 20.3 Å². The van der Waals surface area contributed by atoms with Crippen molar-refractivity contribution in [2.75, 3.05) is 6.61 Å². The molecule has 0 amide bonds. The number of fused-ring (bicyclic) bond motifs is 2. The number of rotatable bonds is 2. The van der Waals surface area contributed by atoms with Gasteiger partial charge in [-0.15, -0.1) is 0 Å². The summed E-state index contributed by atoms with van der Waals surface area (Å²) in [4.78, 5) is 0. The lowest BCUT2D eigenvalue weighted by atomic mass is 10.1. The van der Waals surface area contributed by atoms with Crippen LogP contribution >= 0.6 is 8.60 Å². The maximum absolute atomic E-state index is 9.59. The Labute approximate surface area is 96.9 Å². The van der Waals surface area contributed by atoms with Gasteiger partial charge in [0.15, 0.2) is 0 Å². The van der Waals surface area contributed by atoms with Crippen LogP contribution < -0.4 is 0 Å². The summed E-state index contributed by atoms with van der Waals surface area (Å²) in [6.45, 7) is 4.01. The predicted molar refractivity (Wildman–Crippen MR) is 61.8 cm³/mol. The van der Waals surface area contributed by atoms with E-state index in [1.165, 1.54) is 0 Å². The number of hydrogen-bond donors (Lipinski definition) is 1. The van der Waals surface area contributed by atoms with E-state index in [4.69, 9.17) is 13.6 Å². The van der Waals surface area contributed by atoms with Crippen molar-refractivity contribution in [1.29, 1.82) is 0 Å². The van der Waals surface area contributed by atoms with Crippen molar-refractivity contribution >= 4 is 8.60 Å². The lowest BCUT2D eigenvalue weighted by molar-refractivity contribution is 0.0626. The van der Waals surface area contributed by atoms with Gasteiger partial charge in [0.1, 0.15) is 0 Å². The van der Waals surface area contributed by atoms with Crippen molar-refractivity contribution in [2.45, 2.75) is 38.1 Å². The molecule has 0 aromatic rings. The SMILES string of the molecule is CC(C)(O)/C=C/C1C[C@@H]2C=CCOP(O1)O2. The molecule has 0 aromatic heterocycles. The molecule has 0 radical (unpaired) electrons. The van der Waals surface area contributed by atoms with Crippen LogP contribution in [-0.4, -0.2) is 29.5 Å². The van der Waals surface area contributed by atoms with Crippen molar-refractivity contribution in [3.8, 4) is 0 Å². The Morgan fingerprint density at radius 2 is 2.25 bits per heavy atom. The maximum Gasteiger partial charge on any atom is 0.334 e. The normalized spacial score (nSPS) is 35.3. The molecule has 2 aliphatic rings. The topological polar surface area (TPSA) is 47.9 Å². The zero-order chi connectivity index (χ0) is 11.6. The number of aliphatic hydroxyl groups is 1. The summed E-state index contributed by atoms with van der Waals surface area (Å²) in [5.74, 6) is 0. The molecule has 90 valence electrons. The molecule has 0 aliphatic carbocycles. The fourth-order valence-electron chi connectivity index (χ4n) is 1.50. The summed E-state index contributed by atoms with van der Waals surface area (Å²) in [7, 11) is -1.23. The van der Waals surface area contributed by atoms with Crippen molar-refractivity contribution in [1.82, 2.24) is 0 Å². The second kappa shape index (κ2) is 4.94. The standard InChI is InChI=1S/C11H17O4P/c1-11(2,12)6-5-10-8-9-4-3-7-13-16(14-9)15-10/h3-6,9-10,12H,7-8H2,1-2H3/b6-5+/t9-,10?,16?/m0/s1. The summed E-state index contributed by atoms with van der Waals surface area (Å²) in [6.07, 6.45) is 8.39. The van der Waals surface area contributed by atoms with Crippen molar-refractivity contribution in [2.24, 2.45) is 0 Å². The van der Waals surface area contributed by atoms with Gasteiger partial charge in [0.05, 0.1) is 24.4 Å². The minimum Gasteiger partial charge on any atom is -0.386 e. The second-order valence-corrected chi connectivity index (χ2v) is 5.61. The van der Waals surface area contributed by atoms with Gasteiger partial charge in [-0.25, -0.2) is 0 Å².